The molecule has 3 rings (SSSR count). The number of aliphatic hydroxyl groups excluding tert-OH is 3. The smallest absolute Gasteiger partial charge is 0.320 e. The minimum Gasteiger partial charge on any atom is -0.394 e. The van der Waals surface area contributed by atoms with Gasteiger partial charge in [0.15, 0.2) is 12.0 Å². The van der Waals surface area contributed by atoms with Crippen LogP contribution in [0.3, 0.4) is 0 Å². The predicted octanol–water partition coefficient (Wildman–Crippen LogP) is -2.19. The number of ether oxygens (including phenoxy) is 1. The molecule has 0 bridgehead atoms. The first-order valence-electron chi connectivity index (χ1n) is 6.30. The van der Waals surface area contributed by atoms with Gasteiger partial charge in [0.2, 0.25) is 5.78 Å². The number of imidazole rings is 1. The zero-order chi connectivity index (χ0) is 15.1. The molecule has 10 heteroatoms. The number of carbonyl (C=O) groups excluding carboxylic acids is 2. The highest BCUT2D eigenvalue weighted by molar-refractivity contribution is 6.07. The Kier molecular flexibility index (Phi) is 3.37. The van der Waals surface area contributed by atoms with Crippen LogP contribution in [0.25, 0.3) is 0 Å². The van der Waals surface area contributed by atoms with Crippen LogP contribution in [0, 0.1) is 0 Å². The summed E-state index contributed by atoms with van der Waals surface area (Å²) in [6, 6.07) is -0.562. The van der Waals surface area contributed by atoms with Crippen LogP contribution < -0.4 is 10.6 Å². The third-order valence-electron chi connectivity index (χ3n) is 3.49. The van der Waals surface area contributed by atoms with Crippen LogP contribution in [-0.2, 0) is 4.74 Å². The average Bonchev–Trinajstić information content (AvgIpc) is 2.95. The zero-order valence-corrected chi connectivity index (χ0v) is 10.8. The van der Waals surface area contributed by atoms with Gasteiger partial charge in [-0.2, -0.15) is 0 Å². The molecule has 10 nitrogen and oxygen atoms in total. The van der Waals surface area contributed by atoms with E-state index in [9.17, 15) is 19.8 Å². The van der Waals surface area contributed by atoms with Crippen molar-refractivity contribution in [3.05, 3.63) is 12.0 Å². The van der Waals surface area contributed by atoms with Crippen molar-refractivity contribution in [1.29, 1.82) is 0 Å². The van der Waals surface area contributed by atoms with Gasteiger partial charge in [-0.25, -0.2) is 9.78 Å². The largest absolute Gasteiger partial charge is 0.394 e. The monoisotopic (exact) mass is 298 g/mol. The van der Waals surface area contributed by atoms with Gasteiger partial charge in [-0.3, -0.25) is 14.7 Å². The van der Waals surface area contributed by atoms with Crippen LogP contribution in [0.2, 0.25) is 0 Å². The number of fused-ring (bicyclic) bond motifs is 1. The molecule has 0 aromatic carbocycles. The first-order valence-corrected chi connectivity index (χ1v) is 6.30. The summed E-state index contributed by atoms with van der Waals surface area (Å²) in [5.74, 6) is -0.369. The molecule has 1 aromatic heterocycles. The summed E-state index contributed by atoms with van der Waals surface area (Å²) in [7, 11) is 0. The second-order valence-corrected chi connectivity index (χ2v) is 4.81. The molecule has 3 heterocycles. The lowest BCUT2D eigenvalue weighted by atomic mass is 10.1. The van der Waals surface area contributed by atoms with Gasteiger partial charge in [0.1, 0.15) is 24.0 Å². The van der Waals surface area contributed by atoms with E-state index in [2.05, 4.69) is 15.6 Å². The normalized spacial score (nSPS) is 32.3. The molecule has 2 aliphatic heterocycles. The molecule has 0 saturated carbocycles. The van der Waals surface area contributed by atoms with Crippen molar-refractivity contribution < 1.29 is 29.6 Å². The molecular weight excluding hydrogens is 284 g/mol. The number of hydrogen-bond donors (Lipinski definition) is 5. The number of urea groups is 1. The van der Waals surface area contributed by atoms with Crippen molar-refractivity contribution in [3.63, 3.8) is 0 Å². The SMILES string of the molecule is O=C1NCC(=O)c2c(ncn2C2O[C@H](CO)[C@@H](O)[C@H]2O)N1. The van der Waals surface area contributed by atoms with E-state index in [0.29, 0.717) is 0 Å². The summed E-state index contributed by atoms with van der Waals surface area (Å²) < 4.78 is 6.59. The lowest BCUT2D eigenvalue weighted by molar-refractivity contribution is -0.0534. The van der Waals surface area contributed by atoms with Gasteiger partial charge in [-0.05, 0) is 0 Å². The zero-order valence-electron chi connectivity index (χ0n) is 10.8. The summed E-state index contributed by atoms with van der Waals surface area (Å²) >= 11 is 0. The maximum Gasteiger partial charge on any atom is 0.320 e. The van der Waals surface area contributed by atoms with Crippen LogP contribution >= 0.6 is 0 Å². The Morgan fingerprint density at radius 3 is 2.81 bits per heavy atom. The minimum atomic E-state index is -1.33. The van der Waals surface area contributed by atoms with E-state index < -0.39 is 43.0 Å². The number of hydrogen-bond acceptors (Lipinski definition) is 7. The van der Waals surface area contributed by atoms with Gasteiger partial charge < -0.3 is 25.4 Å². The molecule has 2 amide bonds. The summed E-state index contributed by atoms with van der Waals surface area (Å²) in [5.41, 5.74) is 0.0585. The van der Waals surface area contributed by atoms with Crippen LogP contribution in [0.15, 0.2) is 6.33 Å². The maximum absolute atomic E-state index is 12.1. The van der Waals surface area contributed by atoms with E-state index in [1.807, 2.05) is 0 Å². The summed E-state index contributed by atoms with van der Waals surface area (Å²) in [4.78, 5) is 27.3. The van der Waals surface area contributed by atoms with Crippen LogP contribution in [0.1, 0.15) is 16.7 Å². The quantitative estimate of drug-likeness (QED) is 0.417. The fourth-order valence-corrected chi connectivity index (χ4v) is 2.43. The van der Waals surface area contributed by atoms with Gasteiger partial charge in [-0.1, -0.05) is 0 Å². The number of nitrogens with one attached hydrogen (secondary N) is 2. The van der Waals surface area contributed by atoms with E-state index in [1.165, 1.54) is 10.9 Å². The molecule has 1 unspecified atom stereocenters. The lowest BCUT2D eigenvalue weighted by Gasteiger charge is -2.18. The van der Waals surface area contributed by atoms with E-state index in [1.54, 1.807) is 0 Å². The second kappa shape index (κ2) is 5.07. The van der Waals surface area contributed by atoms with Crippen LogP contribution in [0.5, 0.6) is 0 Å². The number of amides is 2. The molecule has 21 heavy (non-hydrogen) atoms. The molecule has 0 aliphatic carbocycles. The Balaban J connectivity index is 1.98. The molecule has 0 spiro atoms. The van der Waals surface area contributed by atoms with Crippen molar-refractivity contribution in [2.24, 2.45) is 0 Å². The number of aromatic nitrogens is 2. The Morgan fingerprint density at radius 1 is 1.38 bits per heavy atom. The Morgan fingerprint density at radius 2 is 2.14 bits per heavy atom. The number of nitrogens with zero attached hydrogens (tertiary/aromatic N) is 2. The van der Waals surface area contributed by atoms with Gasteiger partial charge in [0, 0.05) is 0 Å². The van der Waals surface area contributed by atoms with Crippen LogP contribution in [-0.4, -0.2) is 68.1 Å². The fourth-order valence-electron chi connectivity index (χ4n) is 2.43. The Labute approximate surface area is 118 Å². The first-order chi connectivity index (χ1) is 10.0. The summed E-state index contributed by atoms with van der Waals surface area (Å²) in [6.45, 7) is -0.697. The predicted molar refractivity (Wildman–Crippen MR) is 66.6 cm³/mol. The summed E-state index contributed by atoms with van der Waals surface area (Å²) in [5, 5.41) is 33.6. The molecule has 5 N–H and O–H groups in total. The molecule has 2 aliphatic rings. The van der Waals surface area contributed by atoms with Crippen molar-refractivity contribution in [3.8, 4) is 0 Å². The number of anilines is 1. The summed E-state index contributed by atoms with van der Waals surface area (Å²) in [6.07, 6.45) is -3.43. The number of rotatable bonds is 2. The molecule has 1 fully saturated rings. The number of carbonyl (C=O) groups is 2. The van der Waals surface area contributed by atoms with Gasteiger partial charge in [0.25, 0.3) is 0 Å². The maximum atomic E-state index is 12.1. The highest BCUT2D eigenvalue weighted by atomic mass is 16.6. The highest BCUT2D eigenvalue weighted by Gasteiger charge is 2.45. The van der Waals surface area contributed by atoms with Crippen molar-refractivity contribution in [1.82, 2.24) is 14.9 Å². The highest BCUT2D eigenvalue weighted by Crippen LogP contribution is 2.32. The second-order valence-electron chi connectivity index (χ2n) is 4.81. The topological polar surface area (TPSA) is 146 Å². The molecule has 1 aromatic rings. The molecule has 114 valence electrons. The number of aliphatic hydroxyl groups is 3. The van der Waals surface area contributed by atoms with E-state index in [0.717, 1.165) is 0 Å². The van der Waals surface area contributed by atoms with Crippen molar-refractivity contribution in [2.75, 3.05) is 18.5 Å². The Hall–Kier alpha value is -2.01. The van der Waals surface area contributed by atoms with E-state index in [4.69, 9.17) is 9.84 Å². The third kappa shape index (κ3) is 2.17. The fraction of sp³-hybridized carbons (Fsp3) is 0.545. The Bertz CT molecular complexity index is 587. The number of ketones is 1. The molecular formula is C11H14N4O6. The van der Waals surface area contributed by atoms with E-state index >= 15 is 0 Å². The molecule has 1 saturated heterocycles. The van der Waals surface area contributed by atoms with Crippen LogP contribution in [0.4, 0.5) is 10.6 Å². The van der Waals surface area contributed by atoms with Crippen molar-refractivity contribution >= 4 is 17.6 Å². The minimum absolute atomic E-state index is 0.0488. The molecule has 4 atom stereocenters. The van der Waals surface area contributed by atoms with E-state index in [-0.39, 0.29) is 18.1 Å². The molecule has 0 radical (unpaired) electrons. The number of Topliss-reactive ketones (excluding diaryl/α,β-unsaturated/α-hetero) is 1. The first kappa shape index (κ1) is 13.9. The van der Waals surface area contributed by atoms with Gasteiger partial charge in [0.05, 0.1) is 19.5 Å². The lowest BCUT2D eigenvalue weighted by Crippen LogP contribution is -2.33. The van der Waals surface area contributed by atoms with Crippen molar-refractivity contribution in [2.45, 2.75) is 24.5 Å². The standard InChI is InChI=1S/C11H14N4O6/c16-2-5-7(18)8(19)10(21-5)15-3-13-9-6(15)4(17)1-12-11(20)14-9/h3,5,7-8,10,16,18-19H,1-2H2,(H2,12,14,20)/t5-,7-,8-,10?/m1/s1. The average molecular weight is 298 g/mol. The van der Waals surface area contributed by atoms with Gasteiger partial charge in [-0.15, -0.1) is 0 Å². The van der Waals surface area contributed by atoms with Gasteiger partial charge >= 0.3 is 6.03 Å². The third-order valence-corrected chi connectivity index (χ3v) is 3.49.